The number of carbonyl (C=O) groups is 1. The monoisotopic (exact) mass is 591 g/mol. The van der Waals surface area contributed by atoms with E-state index in [2.05, 4.69) is 108 Å². The minimum absolute atomic E-state index is 0.0458. The first-order chi connectivity index (χ1) is 19.2. The summed E-state index contributed by atoms with van der Waals surface area (Å²) in [6, 6.07) is 30.7. The topological polar surface area (TPSA) is 67.8 Å². The number of carboxylic acid groups (broad SMARTS) is 1. The van der Waals surface area contributed by atoms with Crippen LogP contribution in [0.15, 0.2) is 91.0 Å². The van der Waals surface area contributed by atoms with Crippen LogP contribution in [0.1, 0.15) is 53.5 Å². The molecule has 0 aliphatic rings. The van der Waals surface area contributed by atoms with E-state index in [4.69, 9.17) is 8.85 Å². The van der Waals surface area contributed by atoms with E-state index in [9.17, 15) is 9.90 Å². The van der Waals surface area contributed by atoms with Gasteiger partial charge in [-0.3, -0.25) is 4.79 Å². The highest BCUT2D eigenvalue weighted by atomic mass is 28.4. The van der Waals surface area contributed by atoms with E-state index in [0.29, 0.717) is 13.2 Å². The van der Waals surface area contributed by atoms with E-state index in [0.717, 1.165) is 5.56 Å². The summed E-state index contributed by atoms with van der Waals surface area (Å²) in [5, 5.41) is 15.7. The molecule has 0 amide bonds. The van der Waals surface area contributed by atoms with Crippen LogP contribution in [0, 0.1) is 0 Å². The van der Waals surface area contributed by atoms with Crippen molar-refractivity contribution in [3.63, 3.8) is 0 Å². The summed E-state index contributed by atoms with van der Waals surface area (Å²) in [6.07, 6.45) is -0.506. The first-order valence-electron chi connectivity index (χ1n) is 14.6. The summed E-state index contributed by atoms with van der Waals surface area (Å²) in [5.41, 5.74) is 1.10. The fourth-order valence-corrected chi connectivity index (χ4v) is 11.0. The highest BCUT2D eigenvalue weighted by Crippen LogP contribution is 2.40. The maximum absolute atomic E-state index is 12.2. The average Bonchev–Trinajstić information content (AvgIpc) is 2.91. The van der Waals surface area contributed by atoms with Crippen LogP contribution in [0.2, 0.25) is 23.2 Å². The minimum Gasteiger partial charge on any atom is -0.481 e. The Morgan fingerprint density at radius 1 is 0.780 bits per heavy atom. The molecule has 0 unspecified atom stereocenters. The Morgan fingerprint density at radius 2 is 1.24 bits per heavy atom. The number of rotatable bonds is 13. The molecular weight excluding hydrogens is 543 g/mol. The first-order valence-corrected chi connectivity index (χ1v) is 19.4. The fourth-order valence-electron chi connectivity index (χ4n) is 5.12. The molecule has 0 radical (unpaired) electrons. The van der Waals surface area contributed by atoms with Crippen molar-refractivity contribution in [3.8, 4) is 0 Å². The highest BCUT2D eigenvalue weighted by Gasteiger charge is 2.51. The summed E-state index contributed by atoms with van der Waals surface area (Å²) in [6.45, 7) is 18.7. The van der Waals surface area contributed by atoms with Gasteiger partial charge in [-0.1, -0.05) is 133 Å². The van der Waals surface area contributed by atoms with Crippen molar-refractivity contribution < 1.29 is 18.8 Å². The van der Waals surface area contributed by atoms with Gasteiger partial charge in [0.2, 0.25) is 0 Å². The molecule has 2 N–H and O–H groups in total. The second-order valence-corrected chi connectivity index (χ2v) is 22.5. The molecule has 0 saturated heterocycles. The number of aliphatic carboxylic acids is 1. The zero-order valence-corrected chi connectivity index (χ0v) is 28.1. The number of benzene rings is 3. The maximum Gasteiger partial charge on any atom is 0.305 e. The van der Waals surface area contributed by atoms with Gasteiger partial charge in [0, 0.05) is 12.6 Å². The highest BCUT2D eigenvalue weighted by molar-refractivity contribution is 6.99. The summed E-state index contributed by atoms with van der Waals surface area (Å²) in [4.78, 5) is 12.2. The third-order valence-corrected chi connectivity index (χ3v) is 17.9. The van der Waals surface area contributed by atoms with Crippen molar-refractivity contribution in [3.05, 3.63) is 96.6 Å². The summed E-state index contributed by atoms with van der Waals surface area (Å²) in [7, 11) is -5.13. The molecule has 0 aromatic heterocycles. The molecule has 5 nitrogen and oxygen atoms in total. The summed E-state index contributed by atoms with van der Waals surface area (Å²) < 4.78 is 14.3. The van der Waals surface area contributed by atoms with Gasteiger partial charge in [0.25, 0.3) is 8.32 Å². The molecule has 0 bridgehead atoms. The largest absolute Gasteiger partial charge is 0.481 e. The molecule has 41 heavy (non-hydrogen) atoms. The zero-order chi connectivity index (χ0) is 30.3. The Morgan fingerprint density at radius 3 is 1.66 bits per heavy atom. The van der Waals surface area contributed by atoms with Crippen LogP contribution in [0.4, 0.5) is 0 Å². The van der Waals surface area contributed by atoms with Gasteiger partial charge in [-0.05, 0) is 39.1 Å². The van der Waals surface area contributed by atoms with Crippen LogP contribution < -0.4 is 15.7 Å². The maximum atomic E-state index is 12.2. The SMILES string of the molecule is CC(C)(C)[Si](C)(C)O[C@H](CO[Si](c1ccccc1)(c1ccccc1)C(C)(C)C)[C@H](CC(=O)O)NCc1ccccc1. The molecule has 7 heteroatoms. The van der Waals surface area contributed by atoms with Crippen molar-refractivity contribution in [1.82, 2.24) is 5.32 Å². The quantitative estimate of drug-likeness (QED) is 0.220. The minimum atomic E-state index is -2.85. The third-order valence-electron chi connectivity index (χ3n) is 8.39. The molecule has 3 rings (SSSR count). The lowest BCUT2D eigenvalue weighted by atomic mass is 10.1. The van der Waals surface area contributed by atoms with E-state index < -0.39 is 34.7 Å². The van der Waals surface area contributed by atoms with Crippen molar-refractivity contribution in [2.24, 2.45) is 0 Å². The van der Waals surface area contributed by atoms with Crippen molar-refractivity contribution >= 4 is 33.0 Å². The lowest BCUT2D eigenvalue weighted by molar-refractivity contribution is -0.138. The van der Waals surface area contributed by atoms with Gasteiger partial charge in [-0.25, -0.2) is 0 Å². The number of hydrogen-bond donors (Lipinski definition) is 2. The molecule has 0 aliphatic heterocycles. The molecule has 0 saturated carbocycles. The fraction of sp³-hybridized carbons (Fsp3) is 0.441. The van der Waals surface area contributed by atoms with Gasteiger partial charge in [0.1, 0.15) is 0 Å². The predicted molar refractivity (Wildman–Crippen MR) is 175 cm³/mol. The smallest absolute Gasteiger partial charge is 0.305 e. The molecule has 3 aromatic carbocycles. The van der Waals surface area contributed by atoms with Crippen LogP contribution in [0.3, 0.4) is 0 Å². The second-order valence-electron chi connectivity index (χ2n) is 13.5. The van der Waals surface area contributed by atoms with Crippen LogP contribution in [-0.4, -0.2) is 46.5 Å². The van der Waals surface area contributed by atoms with E-state index in [1.165, 1.54) is 10.4 Å². The molecule has 222 valence electrons. The average molecular weight is 592 g/mol. The van der Waals surface area contributed by atoms with E-state index in [1.807, 2.05) is 42.5 Å². The number of hydrogen-bond acceptors (Lipinski definition) is 4. The van der Waals surface area contributed by atoms with Gasteiger partial charge in [0.05, 0.1) is 19.1 Å². The van der Waals surface area contributed by atoms with Crippen LogP contribution in [0.5, 0.6) is 0 Å². The number of nitrogens with one attached hydrogen (secondary N) is 1. The molecule has 0 fully saturated rings. The first kappa shape index (κ1) is 33.0. The van der Waals surface area contributed by atoms with Gasteiger partial charge in [0.15, 0.2) is 8.32 Å². The Bertz CT molecular complexity index is 1180. The lowest BCUT2D eigenvalue weighted by Crippen LogP contribution is -2.67. The van der Waals surface area contributed by atoms with Gasteiger partial charge in [-0.2, -0.15) is 0 Å². The predicted octanol–water partition coefficient (Wildman–Crippen LogP) is 6.59. The van der Waals surface area contributed by atoms with Crippen molar-refractivity contribution in [2.75, 3.05) is 6.61 Å². The second kappa shape index (κ2) is 13.6. The Labute approximate surface area is 249 Å². The van der Waals surface area contributed by atoms with E-state index >= 15 is 0 Å². The van der Waals surface area contributed by atoms with E-state index in [-0.39, 0.29) is 16.5 Å². The lowest BCUT2D eigenvalue weighted by Gasteiger charge is -2.46. The summed E-state index contributed by atoms with van der Waals surface area (Å²) >= 11 is 0. The van der Waals surface area contributed by atoms with Crippen LogP contribution in [0.25, 0.3) is 0 Å². The van der Waals surface area contributed by atoms with Gasteiger partial charge in [-0.15, -0.1) is 0 Å². The van der Waals surface area contributed by atoms with Gasteiger partial charge < -0.3 is 19.3 Å². The third kappa shape index (κ3) is 8.26. The zero-order valence-electron chi connectivity index (χ0n) is 26.1. The van der Waals surface area contributed by atoms with Crippen LogP contribution >= 0.6 is 0 Å². The van der Waals surface area contributed by atoms with Crippen molar-refractivity contribution in [2.45, 2.75) is 89.8 Å². The molecular formula is C34H49NO4Si2. The van der Waals surface area contributed by atoms with Crippen LogP contribution in [-0.2, 0) is 20.2 Å². The van der Waals surface area contributed by atoms with E-state index in [1.54, 1.807) is 0 Å². The normalized spacial score (nSPS) is 14.4. The standard InChI is InChI=1S/C34H49NO4Si2/c1-33(2,3)40(7,8)39-31(30(24-32(36)37)35-25-27-18-12-9-13-19-27)26-38-41(34(4,5)6,28-20-14-10-15-21-28)29-22-16-11-17-23-29/h9-23,30-31,35H,24-26H2,1-8H3,(H,36,37)/t30-,31+/m0/s1. The Balaban J connectivity index is 2.08. The molecule has 0 aliphatic carbocycles. The van der Waals surface area contributed by atoms with Crippen molar-refractivity contribution in [1.29, 1.82) is 0 Å². The molecule has 2 atom stereocenters. The Hall–Kier alpha value is -2.56. The van der Waals surface area contributed by atoms with Gasteiger partial charge >= 0.3 is 5.97 Å². The molecule has 3 aromatic rings. The summed E-state index contributed by atoms with van der Waals surface area (Å²) in [5.74, 6) is -0.857. The number of carboxylic acids is 1. The molecule has 0 heterocycles. The molecule has 0 spiro atoms. The Kier molecular flexibility index (Phi) is 10.9.